The number of carboxylic acid groups (broad SMARTS) is 1. The van der Waals surface area contributed by atoms with E-state index in [1.165, 1.54) is 11.0 Å². The average molecular weight is 861 g/mol. The zero-order valence-corrected chi connectivity index (χ0v) is 33.0. The van der Waals surface area contributed by atoms with Gasteiger partial charge in [0.05, 0.1) is 52.0 Å². The van der Waals surface area contributed by atoms with Crippen LogP contribution < -0.4 is 10.9 Å². The van der Waals surface area contributed by atoms with Crippen LogP contribution in [-0.4, -0.2) is 89.1 Å². The maximum atomic E-state index is 12.9. The van der Waals surface area contributed by atoms with Crippen LogP contribution in [0.3, 0.4) is 0 Å². The number of hydrogen-bond donors (Lipinski definition) is 5. The van der Waals surface area contributed by atoms with Gasteiger partial charge >= 0.3 is 12.1 Å². The van der Waals surface area contributed by atoms with Crippen LogP contribution in [0, 0.1) is 0 Å². The molecule has 0 radical (unpaired) electrons. The number of carboxylic acids is 1. The summed E-state index contributed by atoms with van der Waals surface area (Å²) in [6, 6.07) is 25.3. The van der Waals surface area contributed by atoms with Crippen LogP contribution in [0.15, 0.2) is 102 Å². The number of rotatable bonds is 10. The molecule has 8 rings (SSSR count). The number of thiazole rings is 1. The van der Waals surface area contributed by atoms with E-state index in [0.717, 1.165) is 44.6 Å². The van der Waals surface area contributed by atoms with E-state index in [9.17, 15) is 42.6 Å². The number of aliphatic hydroxyl groups excluding tert-OH is 2. The summed E-state index contributed by atoms with van der Waals surface area (Å²) in [6.45, 7) is 0.494. The molecule has 5 N–H and O–H groups in total. The number of aliphatic carboxylic acids is 1. The van der Waals surface area contributed by atoms with E-state index in [1.807, 2.05) is 30.3 Å². The normalized spacial score (nSPS) is 15.2. The second-order valence-corrected chi connectivity index (χ2v) is 15.7. The quantitative estimate of drug-likeness (QED) is 0.113. The monoisotopic (exact) mass is 860 g/mol. The molecule has 1 fully saturated rings. The third kappa shape index (κ3) is 9.66. The van der Waals surface area contributed by atoms with Crippen molar-refractivity contribution in [3.05, 3.63) is 140 Å². The van der Waals surface area contributed by atoms with Crippen LogP contribution in [0.1, 0.15) is 38.7 Å². The molecular weight excluding hydrogens is 825 g/mol. The van der Waals surface area contributed by atoms with E-state index in [2.05, 4.69) is 20.4 Å². The molecule has 2 amide bonds. The highest BCUT2D eigenvalue weighted by Crippen LogP contribution is 2.33. The molecule has 1 aliphatic rings. The van der Waals surface area contributed by atoms with Gasteiger partial charge in [-0.2, -0.15) is 18.3 Å². The number of likely N-dealkylation sites (tertiary alicyclic amines) is 1. The summed E-state index contributed by atoms with van der Waals surface area (Å²) in [5.74, 6) is -2.02. The topological polar surface area (TPSA) is 191 Å². The Morgan fingerprint density at radius 1 is 0.983 bits per heavy atom. The third-order valence-electron chi connectivity index (χ3n) is 9.86. The Morgan fingerprint density at radius 3 is 2.42 bits per heavy atom. The molecule has 7 aromatic rings. The minimum atomic E-state index is -4.47. The summed E-state index contributed by atoms with van der Waals surface area (Å²) >= 11 is 7.17. The summed E-state index contributed by atoms with van der Waals surface area (Å²) < 4.78 is 40.3. The summed E-state index contributed by atoms with van der Waals surface area (Å²) in [4.78, 5) is 58.4. The van der Waals surface area contributed by atoms with Crippen molar-refractivity contribution in [1.82, 2.24) is 30.0 Å². The number of amides is 2. The third-order valence-corrected chi connectivity index (χ3v) is 11.1. The predicted molar refractivity (Wildman–Crippen MR) is 219 cm³/mol. The van der Waals surface area contributed by atoms with Crippen LogP contribution in [0.5, 0.6) is 0 Å². The van der Waals surface area contributed by atoms with Crippen molar-refractivity contribution in [2.45, 2.75) is 50.2 Å². The molecule has 60 heavy (non-hydrogen) atoms. The van der Waals surface area contributed by atoms with Crippen molar-refractivity contribution < 1.29 is 42.9 Å². The van der Waals surface area contributed by atoms with Crippen molar-refractivity contribution >= 4 is 72.6 Å². The number of aliphatic hydroxyl groups is 2. The summed E-state index contributed by atoms with van der Waals surface area (Å²) in [5, 5.41) is 39.2. The van der Waals surface area contributed by atoms with Crippen molar-refractivity contribution in [2.75, 3.05) is 13.1 Å². The molecule has 4 aromatic carbocycles. The van der Waals surface area contributed by atoms with Crippen LogP contribution >= 0.6 is 22.9 Å². The smallest absolute Gasteiger partial charge is 0.416 e. The Kier molecular flexibility index (Phi) is 12.3. The Balaban J connectivity index is 0.000000182. The molecule has 0 bridgehead atoms. The number of nitrogens with one attached hydrogen (secondary N) is 2. The molecule has 3 aromatic heterocycles. The van der Waals surface area contributed by atoms with E-state index >= 15 is 0 Å². The number of β-amino-alcohol motifs (C(OH)–C–C–N with tert-alkyl or cyclic N) is 1. The van der Waals surface area contributed by atoms with Crippen molar-refractivity contribution in [2.24, 2.45) is 0 Å². The van der Waals surface area contributed by atoms with Gasteiger partial charge in [-0.15, -0.1) is 11.3 Å². The molecule has 310 valence electrons. The molecule has 0 aliphatic carbocycles. The standard InChI is InChI=1S/C23H24ClN3O4.C19H12F3N3O3S/c24-16-6-7-18-15(11-16)12-20(25-18)22(30)26-19(10-14-4-2-1-3-5-14)21(29)23(31)27-9-8-17(28)13-27;20-19(21,22)10-5-6-15-14(7-10)23-16(29-15)9-25-18(28)12-4-2-1-3-11(12)13(24-25)8-17(26)27/h1-7,11-12,17,19,21,25,28-29H,8-10,13H2,(H,26,30);1-7H,8-9H2,(H,26,27)/t17-,19-,21+;/m0./s1. The van der Waals surface area contributed by atoms with Crippen molar-refractivity contribution in [3.8, 4) is 0 Å². The van der Waals surface area contributed by atoms with Gasteiger partial charge in [-0.1, -0.05) is 60.1 Å². The largest absolute Gasteiger partial charge is 0.481 e. The number of hydrogen-bond acceptors (Lipinski definition) is 9. The van der Waals surface area contributed by atoms with E-state index in [0.29, 0.717) is 44.2 Å². The number of halogens is 4. The number of carbonyl (C=O) groups excluding carboxylic acids is 2. The van der Waals surface area contributed by atoms with Gasteiger partial charge in [0.25, 0.3) is 17.4 Å². The van der Waals surface area contributed by atoms with Crippen LogP contribution in [-0.2, 0) is 35.2 Å². The van der Waals surface area contributed by atoms with E-state index in [-0.39, 0.29) is 37.1 Å². The van der Waals surface area contributed by atoms with Gasteiger partial charge in [0.15, 0.2) is 6.10 Å². The first-order valence-corrected chi connectivity index (χ1v) is 19.8. The SMILES string of the molecule is O=C(N[C@@H](Cc1ccccc1)[C@@H](O)C(=O)N1CC[C@H](O)C1)c1cc2cc(Cl)ccc2[nH]1.O=C(O)Cc1nn(Cc2nc3cc(C(F)(F)F)ccc3s2)c(=O)c2ccccc12. The second kappa shape index (κ2) is 17.6. The molecule has 1 saturated heterocycles. The highest BCUT2D eigenvalue weighted by molar-refractivity contribution is 7.18. The molecule has 13 nitrogen and oxygen atoms in total. The zero-order chi connectivity index (χ0) is 42.7. The highest BCUT2D eigenvalue weighted by Gasteiger charge is 2.35. The van der Waals surface area contributed by atoms with Crippen LogP contribution in [0.2, 0.25) is 5.02 Å². The first kappa shape index (κ1) is 42.0. The van der Waals surface area contributed by atoms with Gasteiger partial charge in [0, 0.05) is 34.4 Å². The van der Waals surface area contributed by atoms with Gasteiger partial charge in [0.2, 0.25) is 0 Å². The van der Waals surface area contributed by atoms with E-state index in [1.54, 1.807) is 48.5 Å². The molecule has 0 spiro atoms. The minimum Gasteiger partial charge on any atom is -0.481 e. The van der Waals surface area contributed by atoms with E-state index < -0.39 is 53.3 Å². The van der Waals surface area contributed by atoms with Gasteiger partial charge in [-0.25, -0.2) is 9.67 Å². The lowest BCUT2D eigenvalue weighted by Crippen LogP contribution is -2.52. The summed E-state index contributed by atoms with van der Waals surface area (Å²) in [6.07, 6.45) is -6.10. The number of H-pyrrole nitrogens is 1. The minimum absolute atomic E-state index is 0.0724. The first-order chi connectivity index (χ1) is 28.6. The Hall–Kier alpha value is -6.14. The first-order valence-electron chi connectivity index (χ1n) is 18.6. The fourth-order valence-corrected chi connectivity index (χ4v) is 8.03. The summed E-state index contributed by atoms with van der Waals surface area (Å²) in [7, 11) is 0. The number of aromatic nitrogens is 4. The predicted octanol–water partition coefficient (Wildman–Crippen LogP) is 5.82. The Bertz CT molecular complexity index is 2780. The van der Waals surface area contributed by atoms with Crippen LogP contribution in [0.25, 0.3) is 31.9 Å². The number of benzene rings is 4. The molecule has 4 heterocycles. The lowest BCUT2D eigenvalue weighted by molar-refractivity contribution is -0.141. The molecule has 0 unspecified atom stereocenters. The molecule has 1 aliphatic heterocycles. The maximum Gasteiger partial charge on any atom is 0.416 e. The van der Waals surface area contributed by atoms with Gasteiger partial charge in [0.1, 0.15) is 10.7 Å². The Morgan fingerprint density at radius 2 is 1.72 bits per heavy atom. The van der Waals surface area contributed by atoms with Crippen molar-refractivity contribution in [3.63, 3.8) is 0 Å². The zero-order valence-electron chi connectivity index (χ0n) is 31.4. The summed E-state index contributed by atoms with van der Waals surface area (Å²) in [5.41, 5.74) is 1.14. The second-order valence-electron chi connectivity index (χ2n) is 14.2. The fraction of sp³-hybridized carbons (Fsp3) is 0.238. The van der Waals surface area contributed by atoms with Gasteiger partial charge < -0.3 is 30.5 Å². The highest BCUT2D eigenvalue weighted by atomic mass is 35.5. The average Bonchev–Trinajstić information content (AvgIpc) is 3.96. The number of aromatic amines is 1. The number of carbonyl (C=O) groups is 3. The lowest BCUT2D eigenvalue weighted by atomic mass is 10.00. The number of alkyl halides is 3. The molecule has 3 atom stereocenters. The number of nitrogens with zero attached hydrogens (tertiary/aromatic N) is 4. The fourth-order valence-electron chi connectivity index (χ4n) is 6.92. The Labute approximate surface area is 347 Å². The van der Waals surface area contributed by atoms with Gasteiger partial charge in [-0.3, -0.25) is 19.2 Å². The van der Waals surface area contributed by atoms with E-state index in [4.69, 9.17) is 16.7 Å². The van der Waals surface area contributed by atoms with Crippen LogP contribution in [0.4, 0.5) is 13.2 Å². The number of fused-ring (bicyclic) bond motifs is 3. The maximum absolute atomic E-state index is 12.9. The molecule has 18 heteroatoms. The molecular formula is C42H36ClF3N6O7S. The lowest BCUT2D eigenvalue weighted by Gasteiger charge is -2.27. The van der Waals surface area contributed by atoms with Crippen molar-refractivity contribution in [1.29, 1.82) is 0 Å². The molecule has 0 saturated carbocycles. The van der Waals surface area contributed by atoms with Gasteiger partial charge in [-0.05, 0) is 66.9 Å².